The van der Waals surface area contributed by atoms with Gasteiger partial charge in [-0.1, -0.05) is 0 Å². The van der Waals surface area contributed by atoms with E-state index in [1.54, 1.807) is 6.92 Å². The Kier molecular flexibility index (Phi) is 5.79. The summed E-state index contributed by atoms with van der Waals surface area (Å²) in [7, 11) is 0. The van der Waals surface area contributed by atoms with Gasteiger partial charge in [0.2, 0.25) is 0 Å². The van der Waals surface area contributed by atoms with Gasteiger partial charge in [0.15, 0.2) is 0 Å². The van der Waals surface area contributed by atoms with E-state index in [1.807, 2.05) is 0 Å². The summed E-state index contributed by atoms with van der Waals surface area (Å²) in [5.74, 6) is -1.88. The van der Waals surface area contributed by atoms with Crippen LogP contribution in [0.15, 0.2) is 0 Å². The van der Waals surface area contributed by atoms with E-state index >= 15 is 0 Å². The third-order valence-electron chi connectivity index (χ3n) is 1.39. The first-order valence-electron chi connectivity index (χ1n) is 3.69. The van der Waals surface area contributed by atoms with Crippen LogP contribution in [0.1, 0.15) is 13.3 Å². The summed E-state index contributed by atoms with van der Waals surface area (Å²) in [5.41, 5.74) is 0. The van der Waals surface area contributed by atoms with E-state index in [0.29, 0.717) is 10.5 Å². The fourth-order valence-corrected chi connectivity index (χ4v) is 3.12. The molecule has 0 aliphatic heterocycles. The van der Waals surface area contributed by atoms with Crippen LogP contribution in [0.25, 0.3) is 0 Å². The van der Waals surface area contributed by atoms with Crippen molar-refractivity contribution in [2.24, 2.45) is 5.92 Å². The average molecular weight is 233 g/mol. The molecule has 1 atom stereocenters. The molecule has 0 aromatic carbocycles. The fraction of sp³-hybridized carbons (Fsp3) is 0.714. The van der Waals surface area contributed by atoms with Crippen molar-refractivity contribution in [1.82, 2.24) is 0 Å². The molecule has 12 heavy (non-hydrogen) atoms. The SMILES string of the molecule is CC([CH2][Ge][CH2]CC(=O)O)C(=O)O. The second-order valence-corrected chi connectivity index (χ2v) is 5.54. The maximum absolute atomic E-state index is 10.3. The molecule has 0 aromatic heterocycles. The Morgan fingerprint density at radius 1 is 1.42 bits per heavy atom. The zero-order valence-corrected chi connectivity index (χ0v) is 9.01. The van der Waals surface area contributed by atoms with Crippen molar-refractivity contribution in [3.8, 4) is 0 Å². The number of rotatable bonds is 6. The molecule has 0 aromatic rings. The summed E-state index contributed by atoms with van der Waals surface area (Å²) in [4.78, 5) is 20.4. The van der Waals surface area contributed by atoms with Gasteiger partial charge in [0.1, 0.15) is 0 Å². The van der Waals surface area contributed by atoms with Crippen LogP contribution >= 0.6 is 0 Å². The van der Waals surface area contributed by atoms with Gasteiger partial charge in [-0.25, -0.2) is 0 Å². The number of aliphatic carboxylic acids is 2. The molecule has 1 unspecified atom stereocenters. The number of hydrogen-bond acceptors (Lipinski definition) is 2. The van der Waals surface area contributed by atoms with Gasteiger partial charge in [-0.05, 0) is 0 Å². The van der Waals surface area contributed by atoms with Gasteiger partial charge in [0, 0.05) is 0 Å². The summed E-state index contributed by atoms with van der Waals surface area (Å²) in [6.07, 6.45) is 0.187. The normalized spacial score (nSPS) is 12.4. The quantitative estimate of drug-likeness (QED) is 0.523. The Hall–Kier alpha value is -0.517. The predicted octanol–water partition coefficient (Wildman–Crippen LogP) is 0.723. The second kappa shape index (κ2) is 6.05. The number of carboxylic acids is 2. The average Bonchev–Trinajstić information content (AvgIpc) is 1.97. The van der Waals surface area contributed by atoms with Gasteiger partial charge in [-0.3, -0.25) is 0 Å². The van der Waals surface area contributed by atoms with E-state index < -0.39 is 11.9 Å². The van der Waals surface area contributed by atoms with E-state index in [2.05, 4.69) is 0 Å². The zero-order valence-electron chi connectivity index (χ0n) is 6.91. The molecule has 0 saturated carbocycles. The summed E-state index contributed by atoms with van der Waals surface area (Å²) in [6, 6.07) is 0. The van der Waals surface area contributed by atoms with Gasteiger partial charge < -0.3 is 0 Å². The Bertz CT molecular complexity index is 169. The maximum atomic E-state index is 10.3. The van der Waals surface area contributed by atoms with Crippen LogP contribution in [0.4, 0.5) is 0 Å². The zero-order chi connectivity index (χ0) is 9.56. The van der Waals surface area contributed by atoms with Crippen molar-refractivity contribution in [1.29, 1.82) is 0 Å². The van der Waals surface area contributed by atoms with E-state index in [4.69, 9.17) is 10.2 Å². The molecule has 0 aliphatic rings. The van der Waals surface area contributed by atoms with E-state index in [9.17, 15) is 9.59 Å². The molecule has 0 fully saturated rings. The first-order valence-corrected chi connectivity index (χ1v) is 6.66. The van der Waals surface area contributed by atoms with Gasteiger partial charge in [0.25, 0.3) is 0 Å². The minimum atomic E-state index is -0.790. The van der Waals surface area contributed by atoms with Crippen molar-refractivity contribution in [2.75, 3.05) is 0 Å². The van der Waals surface area contributed by atoms with Crippen molar-refractivity contribution >= 4 is 27.4 Å². The van der Waals surface area contributed by atoms with Gasteiger partial charge in [-0.2, -0.15) is 0 Å². The molecular weight excluding hydrogens is 221 g/mol. The van der Waals surface area contributed by atoms with Crippen molar-refractivity contribution < 1.29 is 19.8 Å². The summed E-state index contributed by atoms with van der Waals surface area (Å²) in [6.45, 7) is 1.66. The van der Waals surface area contributed by atoms with Crippen molar-refractivity contribution in [3.05, 3.63) is 0 Å². The van der Waals surface area contributed by atoms with E-state index in [1.165, 1.54) is 0 Å². The fourth-order valence-electron chi connectivity index (χ4n) is 0.601. The van der Waals surface area contributed by atoms with Crippen LogP contribution in [0.5, 0.6) is 0 Å². The van der Waals surface area contributed by atoms with E-state index in [-0.39, 0.29) is 27.8 Å². The third kappa shape index (κ3) is 6.21. The number of carbonyl (C=O) groups is 2. The van der Waals surface area contributed by atoms with Crippen LogP contribution in [0, 0.1) is 5.92 Å². The van der Waals surface area contributed by atoms with Gasteiger partial charge >= 0.3 is 76.9 Å². The third-order valence-corrected chi connectivity index (χ3v) is 4.54. The van der Waals surface area contributed by atoms with Crippen LogP contribution < -0.4 is 0 Å². The van der Waals surface area contributed by atoms with Gasteiger partial charge in [-0.15, -0.1) is 0 Å². The summed E-state index contributed by atoms with van der Waals surface area (Å²) >= 11 is -0.368. The molecule has 4 nitrogen and oxygen atoms in total. The first kappa shape index (κ1) is 11.5. The Morgan fingerprint density at radius 2 is 2.00 bits per heavy atom. The topological polar surface area (TPSA) is 74.6 Å². The predicted molar refractivity (Wildman–Crippen MR) is 44.4 cm³/mol. The minimum absolute atomic E-state index is 0.187. The second-order valence-electron chi connectivity index (χ2n) is 2.59. The Balaban J connectivity index is 3.31. The molecule has 68 valence electrons. The van der Waals surface area contributed by atoms with Crippen LogP contribution in [0.2, 0.25) is 10.5 Å². The van der Waals surface area contributed by atoms with Crippen LogP contribution in [0.3, 0.4) is 0 Å². The molecule has 0 rings (SSSR count). The van der Waals surface area contributed by atoms with Crippen molar-refractivity contribution in [2.45, 2.75) is 23.9 Å². The Labute approximate surface area is 77.4 Å². The summed E-state index contributed by atoms with van der Waals surface area (Å²) in [5, 5.41) is 18.2. The molecule has 0 bridgehead atoms. The molecule has 2 N–H and O–H groups in total. The molecule has 0 amide bonds. The van der Waals surface area contributed by atoms with Gasteiger partial charge in [0.05, 0.1) is 0 Å². The summed E-state index contributed by atoms with van der Waals surface area (Å²) < 4.78 is 0. The molecule has 5 heteroatoms. The molecule has 0 saturated heterocycles. The monoisotopic (exact) mass is 234 g/mol. The molecule has 2 radical (unpaired) electrons. The Morgan fingerprint density at radius 3 is 2.42 bits per heavy atom. The first-order chi connectivity index (χ1) is 5.54. The number of hydrogen-bond donors (Lipinski definition) is 2. The van der Waals surface area contributed by atoms with Crippen LogP contribution in [-0.4, -0.2) is 37.6 Å². The van der Waals surface area contributed by atoms with E-state index in [0.717, 1.165) is 0 Å². The molecule has 0 aliphatic carbocycles. The number of carboxylic acid groups (broad SMARTS) is 2. The van der Waals surface area contributed by atoms with Crippen molar-refractivity contribution in [3.63, 3.8) is 0 Å². The standard InChI is InChI=1S/C7H12GeO4/c1-5(7(11)12)4-8-3-2-6(9)10/h5H,2-4H2,1H3,(H,9,10)(H,11,12). The molecular formula is C7H12GeO4. The molecule has 0 heterocycles. The molecule has 0 spiro atoms. The van der Waals surface area contributed by atoms with Crippen LogP contribution in [-0.2, 0) is 9.59 Å².